The molecule has 0 saturated carbocycles. The van der Waals surface area contributed by atoms with E-state index in [4.69, 9.17) is 4.74 Å². The molecule has 1 aromatic rings. The summed E-state index contributed by atoms with van der Waals surface area (Å²) in [6, 6.07) is 4.99. The first-order chi connectivity index (χ1) is 6.57. The predicted molar refractivity (Wildman–Crippen MR) is 56.8 cm³/mol. The number of nitro benzene ring substituents is 1. The molecule has 5 heteroatoms. The summed E-state index contributed by atoms with van der Waals surface area (Å²) in [5.41, 5.74) is 0.212. The van der Waals surface area contributed by atoms with Crippen LogP contribution in [0.25, 0.3) is 0 Å². The van der Waals surface area contributed by atoms with Crippen LogP contribution in [0.3, 0.4) is 0 Å². The molecular weight excluding hydrogens is 289 g/mol. The zero-order valence-corrected chi connectivity index (χ0v) is 11.3. The van der Waals surface area contributed by atoms with Gasteiger partial charge in [0.2, 0.25) is 0 Å². The summed E-state index contributed by atoms with van der Waals surface area (Å²) in [6.07, 6.45) is 0. The van der Waals surface area contributed by atoms with Crippen LogP contribution in [0.5, 0.6) is 5.75 Å². The van der Waals surface area contributed by atoms with Gasteiger partial charge in [-0.1, -0.05) is 0 Å². The molecule has 14 heavy (non-hydrogen) atoms. The summed E-state index contributed by atoms with van der Waals surface area (Å²) in [4.78, 5) is 14.7. The van der Waals surface area contributed by atoms with Crippen molar-refractivity contribution < 1.29 is 9.66 Å². The average Bonchev–Trinajstić information content (AvgIpc) is 2.16. The van der Waals surface area contributed by atoms with E-state index >= 15 is 0 Å². The van der Waals surface area contributed by atoms with Gasteiger partial charge in [-0.3, -0.25) is 0 Å². The summed E-state index contributed by atoms with van der Waals surface area (Å²) in [7, 11) is 1.55. The number of methoxy groups -OCH3 is 1. The molecule has 0 aliphatic rings. The van der Waals surface area contributed by atoms with E-state index in [1.807, 2.05) is 0 Å². The topological polar surface area (TPSA) is 52.4 Å². The van der Waals surface area contributed by atoms with Gasteiger partial charge in [0.05, 0.1) is 0 Å². The van der Waals surface area contributed by atoms with Crippen molar-refractivity contribution in [2.24, 2.45) is 0 Å². The second kappa shape index (κ2) is 4.63. The molecule has 0 heterocycles. The minimum atomic E-state index is -1.80. The van der Waals surface area contributed by atoms with E-state index in [0.29, 0.717) is 5.75 Å². The van der Waals surface area contributed by atoms with E-state index in [0.717, 1.165) is 3.58 Å². The molecule has 0 unspecified atom stereocenters. The molecule has 1 radical (unpaired) electrons. The van der Waals surface area contributed by atoms with Crippen LogP contribution in [0.2, 0.25) is 9.88 Å². The van der Waals surface area contributed by atoms with E-state index in [1.54, 1.807) is 25.3 Å². The van der Waals surface area contributed by atoms with Gasteiger partial charge in [0.1, 0.15) is 0 Å². The molecule has 75 valence electrons. The molecule has 0 bridgehead atoms. The van der Waals surface area contributed by atoms with E-state index in [1.165, 1.54) is 0 Å². The quantitative estimate of drug-likeness (QED) is 0.484. The summed E-state index contributed by atoms with van der Waals surface area (Å²) >= 11 is -1.80. The first-order valence-corrected chi connectivity index (χ1v) is 11.3. The van der Waals surface area contributed by atoms with Crippen molar-refractivity contribution in [3.05, 3.63) is 28.3 Å². The number of benzene rings is 1. The Morgan fingerprint density at radius 2 is 2.07 bits per heavy atom. The number of nitro groups is 1. The fraction of sp³-hybridized carbons (Fsp3) is 0.333. The van der Waals surface area contributed by atoms with Gasteiger partial charge in [0.15, 0.2) is 0 Å². The van der Waals surface area contributed by atoms with Crippen LogP contribution in [-0.2, 0) is 0 Å². The molecule has 1 aromatic carbocycles. The summed E-state index contributed by atoms with van der Waals surface area (Å²) in [5.74, 6) is 0.665. The van der Waals surface area contributed by atoms with Crippen molar-refractivity contribution >= 4 is 29.0 Å². The summed E-state index contributed by atoms with van der Waals surface area (Å²) < 4.78 is 5.99. The van der Waals surface area contributed by atoms with E-state index < -0.39 is 19.8 Å². The van der Waals surface area contributed by atoms with E-state index in [9.17, 15) is 10.1 Å². The van der Waals surface area contributed by atoms with Crippen LogP contribution in [-0.4, -0.2) is 31.8 Å². The van der Waals surface area contributed by atoms with Gasteiger partial charge >= 0.3 is 89.7 Å². The molecule has 4 nitrogen and oxygen atoms in total. The normalized spacial score (nSPS) is 10.3. The molecule has 0 amide bonds. The second-order valence-corrected chi connectivity index (χ2v) is 10.2. The predicted octanol–water partition coefficient (Wildman–Crippen LogP) is 1.56. The zero-order valence-electron chi connectivity index (χ0n) is 8.40. The van der Waals surface area contributed by atoms with Crippen LogP contribution in [0.4, 0.5) is 5.69 Å². The number of hydrogen-bond donors (Lipinski definition) is 0. The van der Waals surface area contributed by atoms with Gasteiger partial charge in [0.25, 0.3) is 0 Å². The van der Waals surface area contributed by atoms with Gasteiger partial charge in [-0.2, -0.15) is 0 Å². The number of hydrogen-bond acceptors (Lipinski definition) is 3. The Morgan fingerprint density at radius 1 is 1.43 bits per heavy atom. The Morgan fingerprint density at radius 3 is 2.50 bits per heavy atom. The van der Waals surface area contributed by atoms with Crippen molar-refractivity contribution in [2.45, 2.75) is 9.88 Å². The number of rotatable bonds is 3. The minimum absolute atomic E-state index is 0.212. The maximum absolute atomic E-state index is 10.8. The number of nitrogens with zero attached hydrogens (tertiary/aromatic N) is 1. The van der Waals surface area contributed by atoms with Crippen molar-refractivity contribution in [2.75, 3.05) is 7.11 Å². The standard InChI is InChI=1S/C7H6NO3.2CH3.Sn/c1-11-7-4-2-3-6(5-7)8(9)10;;;/h2-4H,1H3;2*1H3;. The van der Waals surface area contributed by atoms with Gasteiger partial charge in [0, 0.05) is 0 Å². The zero-order chi connectivity index (χ0) is 10.7. The molecule has 0 aliphatic heterocycles. The van der Waals surface area contributed by atoms with Crippen LogP contribution in [0.1, 0.15) is 0 Å². The SMILES string of the molecule is COc1cccc([N+](=O)[O-])[c]1[Sn]([CH3])[CH3]. The first-order valence-electron chi connectivity index (χ1n) is 4.20. The molecule has 0 fully saturated rings. The molecular formula is C9H12NO3Sn. The maximum atomic E-state index is 10.8. The van der Waals surface area contributed by atoms with Crippen LogP contribution < -0.4 is 8.32 Å². The van der Waals surface area contributed by atoms with Crippen molar-refractivity contribution in [3.63, 3.8) is 0 Å². The monoisotopic (exact) mass is 302 g/mol. The van der Waals surface area contributed by atoms with Crippen LogP contribution in [0.15, 0.2) is 18.2 Å². The Labute approximate surface area is 89.8 Å². The van der Waals surface area contributed by atoms with Crippen molar-refractivity contribution in [1.29, 1.82) is 0 Å². The van der Waals surface area contributed by atoms with Crippen LogP contribution in [0, 0.1) is 10.1 Å². The molecule has 0 spiro atoms. The average molecular weight is 301 g/mol. The van der Waals surface area contributed by atoms with Gasteiger partial charge in [-0.15, -0.1) is 0 Å². The van der Waals surface area contributed by atoms with Gasteiger partial charge in [-0.05, 0) is 0 Å². The Kier molecular flexibility index (Phi) is 3.74. The van der Waals surface area contributed by atoms with Gasteiger partial charge in [-0.25, -0.2) is 0 Å². The Balaban J connectivity index is 3.35. The Bertz CT molecular complexity index is 352. The molecule has 0 aromatic heterocycles. The van der Waals surface area contributed by atoms with Gasteiger partial charge < -0.3 is 0 Å². The summed E-state index contributed by atoms with van der Waals surface area (Å²) in [6.45, 7) is 0. The van der Waals surface area contributed by atoms with E-state index in [-0.39, 0.29) is 10.6 Å². The molecule has 0 saturated heterocycles. The molecule has 0 aliphatic carbocycles. The first kappa shape index (κ1) is 11.3. The molecule has 0 N–H and O–H groups in total. The fourth-order valence-electron chi connectivity index (χ4n) is 1.34. The third-order valence-electron chi connectivity index (χ3n) is 1.92. The number of ether oxygens (including phenoxy) is 1. The third-order valence-corrected chi connectivity index (χ3v) is 6.21. The fourth-order valence-corrected chi connectivity index (χ4v) is 5.24. The Hall–Kier alpha value is -0.781. The molecule has 0 atom stereocenters. The second-order valence-electron chi connectivity index (χ2n) is 3.11. The molecule has 1 rings (SSSR count). The van der Waals surface area contributed by atoms with Crippen LogP contribution >= 0.6 is 0 Å². The van der Waals surface area contributed by atoms with E-state index in [2.05, 4.69) is 9.88 Å². The third kappa shape index (κ3) is 2.17. The van der Waals surface area contributed by atoms with Crippen molar-refractivity contribution in [1.82, 2.24) is 0 Å². The summed E-state index contributed by atoms with van der Waals surface area (Å²) in [5, 5.41) is 10.8. The van der Waals surface area contributed by atoms with Crippen molar-refractivity contribution in [3.8, 4) is 5.75 Å².